The van der Waals surface area contributed by atoms with Crippen molar-refractivity contribution in [2.45, 2.75) is 13.0 Å². The molecule has 0 aliphatic heterocycles. The molecule has 1 aromatic heterocycles. The predicted octanol–water partition coefficient (Wildman–Crippen LogP) is 1.43. The lowest BCUT2D eigenvalue weighted by atomic mass is 10.1. The lowest BCUT2D eigenvalue weighted by Crippen LogP contribution is -2.27. The van der Waals surface area contributed by atoms with E-state index >= 15 is 0 Å². The molecule has 0 radical (unpaired) electrons. The fourth-order valence-electron chi connectivity index (χ4n) is 2.01. The number of likely N-dealkylation sites (N-methyl/N-ethyl adjacent to an activating group) is 1. The molecule has 4 nitrogen and oxygen atoms in total. The molecule has 1 atom stereocenters. The molecule has 16 heavy (non-hydrogen) atoms. The largest absolute Gasteiger partial charge is 0.342 e. The number of rotatable bonds is 3. The first-order valence-corrected chi connectivity index (χ1v) is 5.44. The van der Waals surface area contributed by atoms with Crippen LogP contribution in [0.25, 0.3) is 11.0 Å². The minimum absolute atomic E-state index is 0.257. The number of nitrogens with two attached hydrogens (primary N) is 1. The lowest BCUT2D eigenvalue weighted by Gasteiger charge is -2.22. The highest BCUT2D eigenvalue weighted by Crippen LogP contribution is 2.21. The van der Waals surface area contributed by atoms with Gasteiger partial charge in [-0.1, -0.05) is 6.07 Å². The molecule has 2 aromatic rings. The fourth-order valence-corrected chi connectivity index (χ4v) is 2.01. The van der Waals surface area contributed by atoms with E-state index in [-0.39, 0.29) is 6.04 Å². The molecule has 0 bridgehead atoms. The molecule has 1 unspecified atom stereocenters. The van der Waals surface area contributed by atoms with Crippen molar-refractivity contribution in [2.24, 2.45) is 5.73 Å². The van der Waals surface area contributed by atoms with E-state index in [1.54, 1.807) is 0 Å². The van der Waals surface area contributed by atoms with Crippen LogP contribution in [-0.2, 0) is 0 Å². The summed E-state index contributed by atoms with van der Waals surface area (Å²) in [6, 6.07) is 6.53. The van der Waals surface area contributed by atoms with Gasteiger partial charge in [-0.3, -0.25) is 0 Å². The maximum atomic E-state index is 5.79. The van der Waals surface area contributed by atoms with Crippen LogP contribution in [0.3, 0.4) is 0 Å². The number of H-pyrrole nitrogens is 1. The first-order chi connectivity index (χ1) is 7.61. The van der Waals surface area contributed by atoms with E-state index in [2.05, 4.69) is 27.0 Å². The van der Waals surface area contributed by atoms with Crippen molar-refractivity contribution in [1.82, 2.24) is 14.9 Å². The minimum atomic E-state index is 0.257. The smallest absolute Gasteiger partial charge is 0.104 e. The normalized spacial score (nSPS) is 13.6. The van der Waals surface area contributed by atoms with Gasteiger partial charge in [0.05, 0.1) is 11.0 Å². The van der Waals surface area contributed by atoms with E-state index < -0.39 is 0 Å². The van der Waals surface area contributed by atoms with Gasteiger partial charge in [0.15, 0.2) is 0 Å². The lowest BCUT2D eigenvalue weighted by molar-refractivity contribution is 0.306. The number of nitrogens with one attached hydrogen (secondary N) is 1. The van der Waals surface area contributed by atoms with Gasteiger partial charge in [-0.25, -0.2) is 4.98 Å². The zero-order chi connectivity index (χ0) is 11.7. The molecule has 86 valence electrons. The Morgan fingerprint density at radius 2 is 2.19 bits per heavy atom. The van der Waals surface area contributed by atoms with E-state index in [0.717, 1.165) is 16.9 Å². The number of aryl methyl sites for hydroxylation is 1. The quantitative estimate of drug-likeness (QED) is 0.819. The summed E-state index contributed by atoms with van der Waals surface area (Å²) >= 11 is 0. The molecular formula is C12H18N4. The van der Waals surface area contributed by atoms with E-state index in [0.29, 0.717) is 6.54 Å². The van der Waals surface area contributed by atoms with E-state index in [1.807, 2.05) is 27.1 Å². The second kappa shape index (κ2) is 4.23. The number of fused-ring (bicyclic) bond motifs is 1. The van der Waals surface area contributed by atoms with E-state index in [1.165, 1.54) is 5.56 Å². The first-order valence-electron chi connectivity index (χ1n) is 5.44. The highest BCUT2D eigenvalue weighted by molar-refractivity contribution is 5.76. The summed E-state index contributed by atoms with van der Waals surface area (Å²) in [6.07, 6.45) is 0. The molecule has 0 fully saturated rings. The van der Waals surface area contributed by atoms with Crippen LogP contribution < -0.4 is 5.73 Å². The van der Waals surface area contributed by atoms with Crippen molar-refractivity contribution < 1.29 is 0 Å². The van der Waals surface area contributed by atoms with Crippen LogP contribution >= 0.6 is 0 Å². The van der Waals surface area contributed by atoms with Crippen LogP contribution in [0.15, 0.2) is 18.2 Å². The van der Waals surface area contributed by atoms with Gasteiger partial charge in [-0.05, 0) is 38.7 Å². The summed E-state index contributed by atoms with van der Waals surface area (Å²) in [4.78, 5) is 9.76. The van der Waals surface area contributed by atoms with Gasteiger partial charge in [-0.2, -0.15) is 0 Å². The van der Waals surface area contributed by atoms with Gasteiger partial charge in [-0.15, -0.1) is 0 Å². The van der Waals surface area contributed by atoms with Gasteiger partial charge in [0, 0.05) is 12.6 Å². The summed E-state index contributed by atoms with van der Waals surface area (Å²) in [5, 5.41) is 0. The third kappa shape index (κ3) is 1.94. The number of aromatic amines is 1. The maximum Gasteiger partial charge on any atom is 0.104 e. The Bertz CT molecular complexity index is 487. The molecule has 1 aromatic carbocycles. The molecule has 0 aliphatic rings. The molecule has 4 heteroatoms. The molecular weight excluding hydrogens is 200 g/mol. The highest BCUT2D eigenvalue weighted by atomic mass is 15.1. The molecule has 3 N–H and O–H groups in total. The zero-order valence-electron chi connectivity index (χ0n) is 9.99. The third-order valence-electron chi connectivity index (χ3n) is 2.86. The number of benzene rings is 1. The van der Waals surface area contributed by atoms with Gasteiger partial charge in [0.2, 0.25) is 0 Å². The number of hydrogen-bond acceptors (Lipinski definition) is 3. The van der Waals surface area contributed by atoms with Crippen molar-refractivity contribution in [1.29, 1.82) is 0 Å². The van der Waals surface area contributed by atoms with Crippen LogP contribution in [0, 0.1) is 6.92 Å². The molecule has 1 heterocycles. The summed E-state index contributed by atoms with van der Waals surface area (Å²) in [5.74, 6) is 0.946. The van der Waals surface area contributed by atoms with Gasteiger partial charge in [0.1, 0.15) is 5.82 Å². The SMILES string of the molecule is Cc1nc2ccc(C(CN)N(C)C)cc2[nH]1. The Morgan fingerprint density at radius 1 is 1.44 bits per heavy atom. The van der Waals surface area contributed by atoms with Crippen molar-refractivity contribution in [3.8, 4) is 0 Å². The molecule has 2 rings (SSSR count). The standard InChI is InChI=1S/C12H18N4/c1-8-14-10-5-4-9(6-11(10)15-8)12(7-13)16(2)3/h4-6,12H,7,13H2,1-3H3,(H,14,15). The summed E-state index contributed by atoms with van der Waals surface area (Å²) in [5.41, 5.74) is 9.10. The highest BCUT2D eigenvalue weighted by Gasteiger charge is 2.12. The van der Waals surface area contributed by atoms with Crippen molar-refractivity contribution in [3.05, 3.63) is 29.6 Å². The second-order valence-corrected chi connectivity index (χ2v) is 4.31. The Kier molecular flexibility index (Phi) is 2.94. The Hall–Kier alpha value is -1.39. The third-order valence-corrected chi connectivity index (χ3v) is 2.86. The average molecular weight is 218 g/mol. The van der Waals surface area contributed by atoms with Crippen LogP contribution in [0.4, 0.5) is 0 Å². The van der Waals surface area contributed by atoms with E-state index in [9.17, 15) is 0 Å². The molecule has 0 amide bonds. The molecule has 0 aliphatic carbocycles. The topological polar surface area (TPSA) is 57.9 Å². The number of aromatic nitrogens is 2. The first kappa shape index (κ1) is 11.1. The van der Waals surface area contributed by atoms with Crippen molar-refractivity contribution >= 4 is 11.0 Å². The average Bonchev–Trinajstić information content (AvgIpc) is 2.57. The van der Waals surface area contributed by atoms with Crippen LogP contribution in [-0.4, -0.2) is 35.5 Å². The van der Waals surface area contributed by atoms with Gasteiger partial charge in [0.25, 0.3) is 0 Å². The molecule has 0 saturated heterocycles. The Labute approximate surface area is 95.5 Å². The summed E-state index contributed by atoms with van der Waals surface area (Å²) < 4.78 is 0. The number of hydrogen-bond donors (Lipinski definition) is 2. The predicted molar refractivity (Wildman–Crippen MR) is 66.3 cm³/mol. The zero-order valence-corrected chi connectivity index (χ0v) is 9.99. The van der Waals surface area contributed by atoms with E-state index in [4.69, 9.17) is 5.73 Å². The van der Waals surface area contributed by atoms with Gasteiger partial charge < -0.3 is 15.6 Å². The second-order valence-electron chi connectivity index (χ2n) is 4.31. The van der Waals surface area contributed by atoms with Crippen molar-refractivity contribution in [3.63, 3.8) is 0 Å². The maximum absolute atomic E-state index is 5.79. The van der Waals surface area contributed by atoms with Gasteiger partial charge >= 0.3 is 0 Å². The van der Waals surface area contributed by atoms with Crippen LogP contribution in [0.2, 0.25) is 0 Å². The van der Waals surface area contributed by atoms with Crippen LogP contribution in [0.1, 0.15) is 17.4 Å². The molecule has 0 spiro atoms. The van der Waals surface area contributed by atoms with Crippen molar-refractivity contribution in [2.75, 3.05) is 20.6 Å². The molecule has 0 saturated carbocycles. The Balaban J connectivity index is 2.44. The number of nitrogens with zero attached hydrogens (tertiary/aromatic N) is 2. The monoisotopic (exact) mass is 218 g/mol. The number of imidazole rings is 1. The Morgan fingerprint density at radius 3 is 2.81 bits per heavy atom. The van der Waals surface area contributed by atoms with Crippen LogP contribution in [0.5, 0.6) is 0 Å². The minimum Gasteiger partial charge on any atom is -0.342 e. The fraction of sp³-hybridized carbons (Fsp3) is 0.417. The summed E-state index contributed by atoms with van der Waals surface area (Å²) in [6.45, 7) is 2.58. The summed E-state index contributed by atoms with van der Waals surface area (Å²) in [7, 11) is 4.08.